The minimum absolute atomic E-state index is 0.186. The molecule has 0 spiro atoms. The number of hydrogen-bond acceptors (Lipinski definition) is 4. The van der Waals surface area contributed by atoms with E-state index >= 15 is 0 Å². The predicted molar refractivity (Wildman–Crippen MR) is 104 cm³/mol. The van der Waals surface area contributed by atoms with E-state index in [0.717, 1.165) is 38.0 Å². The highest BCUT2D eigenvalue weighted by Gasteiger charge is 2.32. The molecule has 3 rings (SSSR count). The van der Waals surface area contributed by atoms with Crippen LogP contribution in [0.5, 0.6) is 0 Å². The fraction of sp³-hybridized carbons (Fsp3) is 0.714. The van der Waals surface area contributed by atoms with Gasteiger partial charge < -0.3 is 4.74 Å². The Hall–Kier alpha value is -1.62. The molecule has 1 aliphatic heterocycles. The summed E-state index contributed by atoms with van der Waals surface area (Å²) in [5.74, 6) is 0.718. The van der Waals surface area contributed by atoms with Gasteiger partial charge in [-0.2, -0.15) is 0 Å². The third kappa shape index (κ3) is 4.56. The number of carbonyl (C=O) groups is 1. The molecule has 0 aromatic carbocycles. The quantitative estimate of drug-likeness (QED) is 0.768. The fourth-order valence-electron chi connectivity index (χ4n) is 4.15. The molecule has 0 N–H and O–H groups in total. The van der Waals surface area contributed by atoms with E-state index in [1.54, 1.807) is 4.90 Å². The first-order valence-electron chi connectivity index (χ1n) is 10.0. The maximum atomic E-state index is 12.9. The highest BCUT2D eigenvalue weighted by Crippen LogP contribution is 2.32. The molecule has 0 radical (unpaired) electrons. The Kier molecular flexibility index (Phi) is 5.86. The number of likely N-dealkylation sites (tertiary alicyclic amines) is 1. The molecule has 1 amide bonds. The zero-order valence-corrected chi connectivity index (χ0v) is 16.7. The van der Waals surface area contributed by atoms with Crippen molar-refractivity contribution in [1.29, 1.82) is 0 Å². The van der Waals surface area contributed by atoms with Gasteiger partial charge in [-0.1, -0.05) is 25.3 Å². The first-order valence-corrected chi connectivity index (χ1v) is 10.0. The fourth-order valence-corrected chi connectivity index (χ4v) is 4.15. The lowest BCUT2D eigenvalue weighted by Crippen LogP contribution is -2.45. The van der Waals surface area contributed by atoms with Gasteiger partial charge in [-0.05, 0) is 71.7 Å². The van der Waals surface area contributed by atoms with Crippen LogP contribution in [0.25, 0.3) is 0 Å². The molecule has 0 unspecified atom stereocenters. The normalized spacial score (nSPS) is 22.4. The Labute approximate surface area is 157 Å². The summed E-state index contributed by atoms with van der Waals surface area (Å²) in [4.78, 5) is 21.8. The van der Waals surface area contributed by atoms with Crippen LogP contribution in [0.15, 0.2) is 18.3 Å². The van der Waals surface area contributed by atoms with E-state index in [2.05, 4.69) is 23.0 Å². The van der Waals surface area contributed by atoms with Gasteiger partial charge in [-0.3, -0.25) is 9.80 Å². The number of aromatic nitrogens is 1. The van der Waals surface area contributed by atoms with Gasteiger partial charge in [0.05, 0.1) is 0 Å². The van der Waals surface area contributed by atoms with Gasteiger partial charge in [-0.25, -0.2) is 9.78 Å². The lowest BCUT2D eigenvalue weighted by molar-refractivity contribution is 0.0556. The van der Waals surface area contributed by atoms with Crippen molar-refractivity contribution < 1.29 is 9.53 Å². The number of anilines is 1. The maximum absolute atomic E-state index is 12.9. The molecule has 1 atom stereocenters. The third-order valence-corrected chi connectivity index (χ3v) is 5.45. The molecule has 26 heavy (non-hydrogen) atoms. The van der Waals surface area contributed by atoms with Gasteiger partial charge in [0.2, 0.25) is 0 Å². The lowest BCUT2D eigenvalue weighted by Gasteiger charge is -2.35. The summed E-state index contributed by atoms with van der Waals surface area (Å²) in [6, 6.07) is 4.77. The molecule has 2 fully saturated rings. The second-order valence-electron chi connectivity index (χ2n) is 8.73. The van der Waals surface area contributed by atoms with Crippen LogP contribution in [0.1, 0.15) is 77.3 Å². The Morgan fingerprint density at radius 1 is 1.15 bits per heavy atom. The van der Waals surface area contributed by atoms with Crippen LogP contribution >= 0.6 is 0 Å². The molecule has 2 heterocycles. The molecule has 1 aromatic heterocycles. The van der Waals surface area contributed by atoms with Crippen molar-refractivity contribution in [2.45, 2.75) is 83.4 Å². The van der Waals surface area contributed by atoms with E-state index < -0.39 is 5.60 Å². The smallest absolute Gasteiger partial charge is 0.416 e. The van der Waals surface area contributed by atoms with Crippen LogP contribution in [-0.2, 0) is 4.74 Å². The number of hydrogen-bond donors (Lipinski definition) is 0. The number of amides is 1. The second kappa shape index (κ2) is 7.95. The average molecular weight is 360 g/mol. The van der Waals surface area contributed by atoms with Crippen molar-refractivity contribution in [3.63, 3.8) is 0 Å². The van der Waals surface area contributed by atoms with Crippen LogP contribution in [0, 0.1) is 0 Å². The van der Waals surface area contributed by atoms with E-state index in [4.69, 9.17) is 4.74 Å². The minimum Gasteiger partial charge on any atom is -0.443 e. The van der Waals surface area contributed by atoms with Gasteiger partial charge in [0.15, 0.2) is 0 Å². The molecular weight excluding hydrogens is 326 g/mol. The van der Waals surface area contributed by atoms with Gasteiger partial charge in [0.25, 0.3) is 0 Å². The van der Waals surface area contributed by atoms with Crippen molar-refractivity contribution >= 4 is 11.9 Å². The Morgan fingerprint density at radius 3 is 2.42 bits per heavy atom. The first-order chi connectivity index (χ1) is 12.3. The minimum atomic E-state index is -0.503. The molecule has 1 aliphatic carbocycles. The molecule has 5 heteroatoms. The van der Waals surface area contributed by atoms with Gasteiger partial charge in [-0.15, -0.1) is 0 Å². The molecule has 1 saturated heterocycles. The van der Waals surface area contributed by atoms with E-state index in [1.807, 2.05) is 33.0 Å². The van der Waals surface area contributed by atoms with Crippen LogP contribution in [0.2, 0.25) is 0 Å². The van der Waals surface area contributed by atoms with Crippen LogP contribution in [-0.4, -0.2) is 41.2 Å². The molecule has 0 bridgehead atoms. The predicted octanol–water partition coefficient (Wildman–Crippen LogP) is 4.92. The average Bonchev–Trinajstić information content (AvgIpc) is 3.01. The third-order valence-electron chi connectivity index (χ3n) is 5.45. The summed E-state index contributed by atoms with van der Waals surface area (Å²) in [6.07, 6.45) is 9.69. The summed E-state index contributed by atoms with van der Waals surface area (Å²) >= 11 is 0. The van der Waals surface area contributed by atoms with Gasteiger partial charge in [0, 0.05) is 18.3 Å². The number of pyridine rings is 1. The zero-order valence-electron chi connectivity index (χ0n) is 16.7. The van der Waals surface area contributed by atoms with Crippen molar-refractivity contribution in [2.75, 3.05) is 18.5 Å². The molecule has 1 saturated carbocycles. The van der Waals surface area contributed by atoms with E-state index in [0.29, 0.717) is 6.04 Å². The monoisotopic (exact) mass is 359 g/mol. The Morgan fingerprint density at radius 2 is 1.88 bits per heavy atom. The topological polar surface area (TPSA) is 45.7 Å². The van der Waals surface area contributed by atoms with E-state index in [9.17, 15) is 4.79 Å². The number of ether oxygens (including phenoxy) is 1. The Balaban J connectivity index is 1.82. The highest BCUT2D eigenvalue weighted by molar-refractivity contribution is 5.87. The summed E-state index contributed by atoms with van der Waals surface area (Å²) in [5.41, 5.74) is 0.734. The van der Waals surface area contributed by atoms with Crippen LogP contribution < -0.4 is 4.90 Å². The first kappa shape index (κ1) is 19.2. The SMILES string of the molecule is CN1CCC[C@H]1c1ccc(N(C(=O)OC(C)(C)C)C2CCCCC2)nc1. The summed E-state index contributed by atoms with van der Waals surface area (Å²) in [7, 11) is 2.17. The molecule has 2 aliphatic rings. The Bertz CT molecular complexity index is 603. The van der Waals surface area contributed by atoms with Crippen molar-refractivity contribution in [3.05, 3.63) is 23.9 Å². The zero-order chi connectivity index (χ0) is 18.7. The number of carbonyl (C=O) groups excluding carboxylic acids is 1. The van der Waals surface area contributed by atoms with Crippen LogP contribution in [0.3, 0.4) is 0 Å². The van der Waals surface area contributed by atoms with Gasteiger partial charge >= 0.3 is 6.09 Å². The van der Waals surface area contributed by atoms with Crippen molar-refractivity contribution in [3.8, 4) is 0 Å². The van der Waals surface area contributed by atoms with Crippen LogP contribution in [0.4, 0.5) is 10.6 Å². The summed E-state index contributed by atoms with van der Waals surface area (Å²) in [5, 5.41) is 0. The largest absolute Gasteiger partial charge is 0.443 e. The van der Waals surface area contributed by atoms with Crippen molar-refractivity contribution in [2.24, 2.45) is 0 Å². The number of nitrogens with zero attached hydrogens (tertiary/aromatic N) is 3. The van der Waals surface area contributed by atoms with Gasteiger partial charge in [0.1, 0.15) is 11.4 Å². The summed E-state index contributed by atoms with van der Waals surface area (Å²) < 4.78 is 5.69. The summed E-state index contributed by atoms with van der Waals surface area (Å²) in [6.45, 7) is 6.88. The van der Waals surface area contributed by atoms with Crippen molar-refractivity contribution in [1.82, 2.24) is 9.88 Å². The molecule has 144 valence electrons. The standard InChI is InChI=1S/C21H33N3O2/c1-21(2,3)26-20(25)24(17-9-6-5-7-10-17)19-13-12-16(15-22-19)18-11-8-14-23(18)4/h12-13,15,17-18H,5-11,14H2,1-4H3/t18-/m0/s1. The maximum Gasteiger partial charge on any atom is 0.416 e. The molecular formula is C21H33N3O2. The molecule has 5 nitrogen and oxygen atoms in total. The second-order valence-corrected chi connectivity index (χ2v) is 8.73. The van der Waals surface area contributed by atoms with E-state index in [1.165, 1.54) is 24.8 Å². The number of rotatable bonds is 3. The highest BCUT2D eigenvalue weighted by atomic mass is 16.6. The molecule has 1 aromatic rings. The van der Waals surface area contributed by atoms with E-state index in [-0.39, 0.29) is 12.1 Å². The lowest BCUT2D eigenvalue weighted by atomic mass is 9.94.